The molecule has 0 aromatic heterocycles. The van der Waals surface area contributed by atoms with Gasteiger partial charge in [0.25, 0.3) is 0 Å². The van der Waals surface area contributed by atoms with Gasteiger partial charge in [0, 0.05) is 24.9 Å². The van der Waals surface area contributed by atoms with Crippen LogP contribution >= 0.6 is 11.8 Å². The number of nitrogens with one attached hydrogen (secondary N) is 2. The van der Waals surface area contributed by atoms with Gasteiger partial charge in [-0.15, -0.1) is 0 Å². The Hall–Kier alpha value is -1.20. The number of rotatable bonds is 7. The average molecular weight is 352 g/mol. The number of ether oxygens (including phenoxy) is 1. The molecule has 4 nitrogen and oxygen atoms in total. The molecular formula is C19H33N3OS. The summed E-state index contributed by atoms with van der Waals surface area (Å²) in [6.45, 7) is 12.9. The SMILES string of the molecule is CN=C(NCc1cccc(COC(C)(C)C)c1)NCC(C)(C)SC. The number of guanidine groups is 1. The number of benzene rings is 1. The molecule has 0 saturated heterocycles. The van der Waals surface area contributed by atoms with Gasteiger partial charge in [0.1, 0.15) is 0 Å². The summed E-state index contributed by atoms with van der Waals surface area (Å²) in [5.41, 5.74) is 2.29. The van der Waals surface area contributed by atoms with E-state index < -0.39 is 0 Å². The van der Waals surface area contributed by atoms with E-state index in [4.69, 9.17) is 4.74 Å². The van der Waals surface area contributed by atoms with Crippen LogP contribution in [0.15, 0.2) is 29.3 Å². The summed E-state index contributed by atoms with van der Waals surface area (Å²) in [7, 11) is 1.80. The smallest absolute Gasteiger partial charge is 0.191 e. The minimum atomic E-state index is -0.121. The summed E-state index contributed by atoms with van der Waals surface area (Å²) in [6.07, 6.45) is 2.13. The zero-order chi connectivity index (χ0) is 18.2. The van der Waals surface area contributed by atoms with E-state index in [0.29, 0.717) is 6.61 Å². The molecule has 0 saturated carbocycles. The second-order valence-electron chi connectivity index (χ2n) is 7.46. The monoisotopic (exact) mass is 351 g/mol. The highest BCUT2D eigenvalue weighted by molar-refractivity contribution is 7.99. The lowest BCUT2D eigenvalue weighted by atomic mass is 10.1. The second-order valence-corrected chi connectivity index (χ2v) is 8.98. The molecule has 1 aromatic rings. The molecule has 2 N–H and O–H groups in total. The van der Waals surface area contributed by atoms with Crippen molar-refractivity contribution in [2.75, 3.05) is 19.8 Å². The van der Waals surface area contributed by atoms with E-state index in [0.717, 1.165) is 19.0 Å². The first-order chi connectivity index (χ1) is 11.1. The minimum Gasteiger partial charge on any atom is -0.371 e. The summed E-state index contributed by atoms with van der Waals surface area (Å²) in [6, 6.07) is 8.47. The molecule has 1 rings (SSSR count). The molecule has 0 atom stereocenters. The molecule has 0 heterocycles. The first-order valence-corrected chi connectivity index (χ1v) is 9.59. The maximum atomic E-state index is 5.85. The number of aliphatic imine (C=N–C) groups is 1. The first-order valence-electron chi connectivity index (χ1n) is 8.37. The Kier molecular flexibility index (Phi) is 8.10. The van der Waals surface area contributed by atoms with Crippen molar-refractivity contribution >= 4 is 17.7 Å². The lowest BCUT2D eigenvalue weighted by Gasteiger charge is -2.23. The van der Waals surface area contributed by atoms with Crippen molar-refractivity contribution in [3.05, 3.63) is 35.4 Å². The molecule has 0 aliphatic rings. The van der Waals surface area contributed by atoms with Crippen molar-refractivity contribution in [3.8, 4) is 0 Å². The third-order valence-corrected chi connectivity index (χ3v) is 4.83. The van der Waals surface area contributed by atoms with Crippen molar-refractivity contribution in [2.24, 2.45) is 4.99 Å². The Morgan fingerprint density at radius 1 is 1.12 bits per heavy atom. The Morgan fingerprint density at radius 2 is 1.79 bits per heavy atom. The van der Waals surface area contributed by atoms with Crippen LogP contribution in [0, 0.1) is 0 Å². The highest BCUT2D eigenvalue weighted by Gasteiger charge is 2.16. The van der Waals surface area contributed by atoms with Gasteiger partial charge in [0.15, 0.2) is 5.96 Å². The standard InChI is InChI=1S/C19H33N3OS/c1-18(2,3)23-13-16-10-8-9-15(11-16)12-21-17(20-6)22-14-19(4,5)24-7/h8-11H,12-14H2,1-7H3,(H2,20,21,22). The molecule has 136 valence electrons. The molecule has 24 heavy (non-hydrogen) atoms. The Labute approximate surface area is 151 Å². The number of thioether (sulfide) groups is 1. The molecule has 0 unspecified atom stereocenters. The van der Waals surface area contributed by atoms with E-state index in [-0.39, 0.29) is 10.3 Å². The zero-order valence-corrected chi connectivity index (χ0v) is 17.0. The van der Waals surface area contributed by atoms with Crippen molar-refractivity contribution in [2.45, 2.75) is 58.1 Å². The van der Waals surface area contributed by atoms with Gasteiger partial charge in [-0.05, 0) is 52.0 Å². The van der Waals surface area contributed by atoms with Crippen LogP contribution in [0.5, 0.6) is 0 Å². The molecular weight excluding hydrogens is 318 g/mol. The highest BCUT2D eigenvalue weighted by atomic mass is 32.2. The first kappa shape index (κ1) is 20.8. The summed E-state index contributed by atoms with van der Waals surface area (Å²) in [5.74, 6) is 0.827. The molecule has 0 bridgehead atoms. The van der Waals surface area contributed by atoms with E-state index in [2.05, 4.69) is 80.8 Å². The van der Waals surface area contributed by atoms with Crippen LogP contribution in [0.3, 0.4) is 0 Å². The zero-order valence-electron chi connectivity index (χ0n) is 16.2. The van der Waals surface area contributed by atoms with Gasteiger partial charge < -0.3 is 15.4 Å². The fraction of sp³-hybridized carbons (Fsp3) is 0.632. The predicted molar refractivity (Wildman–Crippen MR) is 107 cm³/mol. The van der Waals surface area contributed by atoms with Gasteiger partial charge in [-0.3, -0.25) is 4.99 Å². The van der Waals surface area contributed by atoms with Crippen LogP contribution in [0.1, 0.15) is 45.7 Å². The second kappa shape index (κ2) is 9.33. The van der Waals surface area contributed by atoms with Gasteiger partial charge in [-0.2, -0.15) is 11.8 Å². The molecule has 0 amide bonds. The van der Waals surface area contributed by atoms with Gasteiger partial charge in [-0.1, -0.05) is 24.3 Å². The highest BCUT2D eigenvalue weighted by Crippen LogP contribution is 2.19. The molecule has 1 aromatic carbocycles. The van der Waals surface area contributed by atoms with Crippen LogP contribution in [-0.2, 0) is 17.9 Å². The van der Waals surface area contributed by atoms with E-state index in [1.165, 1.54) is 11.1 Å². The Morgan fingerprint density at radius 3 is 2.38 bits per heavy atom. The summed E-state index contributed by atoms with van der Waals surface area (Å²) in [4.78, 5) is 4.29. The van der Waals surface area contributed by atoms with Crippen molar-refractivity contribution in [3.63, 3.8) is 0 Å². The third-order valence-electron chi connectivity index (χ3n) is 3.58. The molecule has 0 aliphatic heterocycles. The largest absolute Gasteiger partial charge is 0.371 e. The van der Waals surface area contributed by atoms with Crippen molar-refractivity contribution in [1.29, 1.82) is 0 Å². The van der Waals surface area contributed by atoms with Crippen LogP contribution in [-0.4, -0.2) is 36.2 Å². The van der Waals surface area contributed by atoms with Gasteiger partial charge in [-0.25, -0.2) is 0 Å². The maximum Gasteiger partial charge on any atom is 0.191 e. The predicted octanol–water partition coefficient (Wildman–Crippen LogP) is 3.81. The lowest BCUT2D eigenvalue weighted by Crippen LogP contribution is -2.43. The molecule has 0 spiro atoms. The van der Waals surface area contributed by atoms with Crippen LogP contribution in [0.25, 0.3) is 0 Å². The van der Waals surface area contributed by atoms with Gasteiger partial charge >= 0.3 is 0 Å². The van der Waals surface area contributed by atoms with E-state index >= 15 is 0 Å². The molecule has 5 heteroatoms. The number of nitrogens with zero attached hydrogens (tertiary/aromatic N) is 1. The normalized spacial score (nSPS) is 13.0. The fourth-order valence-corrected chi connectivity index (χ4v) is 2.12. The summed E-state index contributed by atoms with van der Waals surface area (Å²) in [5, 5.41) is 6.75. The van der Waals surface area contributed by atoms with Gasteiger partial charge in [0.05, 0.1) is 12.2 Å². The molecule has 0 radical (unpaired) electrons. The van der Waals surface area contributed by atoms with E-state index in [9.17, 15) is 0 Å². The number of hydrogen-bond acceptors (Lipinski definition) is 3. The van der Waals surface area contributed by atoms with Crippen molar-refractivity contribution < 1.29 is 4.74 Å². The van der Waals surface area contributed by atoms with E-state index in [1.54, 1.807) is 7.05 Å². The topological polar surface area (TPSA) is 45.7 Å². The third kappa shape index (κ3) is 8.60. The Balaban J connectivity index is 2.54. The van der Waals surface area contributed by atoms with Crippen LogP contribution in [0.4, 0.5) is 0 Å². The van der Waals surface area contributed by atoms with Crippen molar-refractivity contribution in [1.82, 2.24) is 10.6 Å². The minimum absolute atomic E-state index is 0.121. The molecule has 0 fully saturated rings. The quantitative estimate of drug-likeness (QED) is 0.579. The Bertz CT molecular complexity index is 536. The lowest BCUT2D eigenvalue weighted by molar-refractivity contribution is -0.0149. The number of hydrogen-bond donors (Lipinski definition) is 2. The summed E-state index contributed by atoms with van der Waals surface area (Å²) < 4.78 is 6.03. The van der Waals surface area contributed by atoms with Crippen LogP contribution < -0.4 is 10.6 Å². The fourth-order valence-electron chi connectivity index (χ4n) is 1.90. The molecule has 0 aliphatic carbocycles. The maximum absolute atomic E-state index is 5.85. The van der Waals surface area contributed by atoms with Gasteiger partial charge in [0.2, 0.25) is 0 Å². The average Bonchev–Trinajstić information content (AvgIpc) is 2.53. The van der Waals surface area contributed by atoms with Crippen LogP contribution in [0.2, 0.25) is 0 Å². The summed E-state index contributed by atoms with van der Waals surface area (Å²) >= 11 is 1.84. The van der Waals surface area contributed by atoms with E-state index in [1.807, 2.05) is 11.8 Å².